The maximum Gasteiger partial charge on any atom is 0.243 e. The van der Waals surface area contributed by atoms with Gasteiger partial charge in [-0.05, 0) is 42.3 Å². The molecule has 1 atom stereocenters. The van der Waals surface area contributed by atoms with Crippen molar-refractivity contribution in [3.63, 3.8) is 0 Å². The molecule has 0 heterocycles. The van der Waals surface area contributed by atoms with E-state index in [1.807, 2.05) is 37.3 Å². The van der Waals surface area contributed by atoms with E-state index in [0.717, 1.165) is 11.1 Å². The van der Waals surface area contributed by atoms with Crippen molar-refractivity contribution in [1.82, 2.24) is 10.2 Å². The summed E-state index contributed by atoms with van der Waals surface area (Å²) < 4.78 is 0. The number of nitrogens with zero attached hydrogens (tertiary/aromatic N) is 1. The predicted octanol–water partition coefficient (Wildman–Crippen LogP) is 5.97. The van der Waals surface area contributed by atoms with E-state index in [9.17, 15) is 9.59 Å². The van der Waals surface area contributed by atoms with Gasteiger partial charge in [-0.25, -0.2) is 0 Å². The van der Waals surface area contributed by atoms with Gasteiger partial charge in [-0.2, -0.15) is 0 Å². The Labute approximate surface area is 209 Å². The molecule has 0 spiro atoms. The fraction of sp³-hybridized carbons (Fsp3) is 0.231. The number of hydrogen-bond acceptors (Lipinski definition) is 2. The highest BCUT2D eigenvalue weighted by atomic mass is 35.5. The van der Waals surface area contributed by atoms with Crippen LogP contribution in [0.1, 0.15) is 23.6 Å². The molecule has 0 fully saturated rings. The molecule has 0 saturated carbocycles. The quantitative estimate of drug-likeness (QED) is 0.391. The van der Waals surface area contributed by atoms with E-state index in [0.29, 0.717) is 33.6 Å². The van der Waals surface area contributed by atoms with Crippen LogP contribution in [0, 0.1) is 0 Å². The average Bonchev–Trinajstić information content (AvgIpc) is 2.80. The molecule has 0 bridgehead atoms. The maximum atomic E-state index is 13.6. The lowest BCUT2D eigenvalue weighted by atomic mass is 10.0. The van der Waals surface area contributed by atoms with E-state index >= 15 is 0 Å². The summed E-state index contributed by atoms with van der Waals surface area (Å²) in [6.07, 6.45) is 0.477. The fourth-order valence-electron chi connectivity index (χ4n) is 3.58. The minimum atomic E-state index is -0.737. The van der Waals surface area contributed by atoms with E-state index in [1.165, 1.54) is 0 Å². The number of rotatable bonds is 9. The van der Waals surface area contributed by atoms with E-state index in [4.69, 9.17) is 34.8 Å². The minimum absolute atomic E-state index is 0.111. The van der Waals surface area contributed by atoms with Crippen LogP contribution in [0.5, 0.6) is 0 Å². The summed E-state index contributed by atoms with van der Waals surface area (Å²) >= 11 is 18.8. The van der Waals surface area contributed by atoms with Gasteiger partial charge in [0.1, 0.15) is 6.04 Å². The van der Waals surface area contributed by atoms with Gasteiger partial charge >= 0.3 is 0 Å². The lowest BCUT2D eigenvalue weighted by molar-refractivity contribution is -0.140. The molecule has 0 aromatic heterocycles. The van der Waals surface area contributed by atoms with Crippen LogP contribution in [0.25, 0.3) is 0 Å². The van der Waals surface area contributed by atoms with Crippen molar-refractivity contribution < 1.29 is 9.59 Å². The van der Waals surface area contributed by atoms with E-state index in [2.05, 4.69) is 5.32 Å². The Bertz CT molecular complexity index is 1070. The smallest absolute Gasteiger partial charge is 0.243 e. The number of benzene rings is 3. The van der Waals surface area contributed by atoms with Crippen molar-refractivity contribution in [2.75, 3.05) is 6.54 Å². The Kier molecular flexibility index (Phi) is 9.19. The molecule has 3 aromatic carbocycles. The van der Waals surface area contributed by atoms with Crippen LogP contribution in [-0.2, 0) is 29.0 Å². The van der Waals surface area contributed by atoms with Crippen LogP contribution in [0.4, 0.5) is 0 Å². The van der Waals surface area contributed by atoms with Crippen molar-refractivity contribution in [1.29, 1.82) is 0 Å². The van der Waals surface area contributed by atoms with Gasteiger partial charge in [-0.15, -0.1) is 0 Å². The third kappa shape index (κ3) is 6.97. The van der Waals surface area contributed by atoms with Gasteiger partial charge in [0.15, 0.2) is 0 Å². The average molecular weight is 504 g/mol. The second-order valence-electron chi connectivity index (χ2n) is 7.63. The highest BCUT2D eigenvalue weighted by Crippen LogP contribution is 2.27. The van der Waals surface area contributed by atoms with Crippen molar-refractivity contribution in [3.05, 3.63) is 105 Å². The lowest BCUT2D eigenvalue weighted by Gasteiger charge is -2.32. The zero-order valence-electron chi connectivity index (χ0n) is 18.2. The number of amides is 2. The van der Waals surface area contributed by atoms with Gasteiger partial charge in [0.2, 0.25) is 11.8 Å². The summed E-state index contributed by atoms with van der Waals surface area (Å²) in [5.74, 6) is -0.436. The zero-order chi connectivity index (χ0) is 23.8. The summed E-state index contributed by atoms with van der Waals surface area (Å²) in [6.45, 7) is 2.41. The number of hydrogen-bond donors (Lipinski definition) is 1. The highest BCUT2D eigenvalue weighted by Gasteiger charge is 2.31. The van der Waals surface area contributed by atoms with Gasteiger partial charge in [0.05, 0.1) is 6.42 Å². The Morgan fingerprint density at radius 2 is 1.48 bits per heavy atom. The van der Waals surface area contributed by atoms with Gasteiger partial charge in [-0.1, -0.05) is 83.3 Å². The second-order valence-corrected chi connectivity index (χ2v) is 8.88. The molecule has 0 radical (unpaired) electrons. The largest absolute Gasteiger partial charge is 0.355 e. The fourth-order valence-corrected chi connectivity index (χ4v) is 4.22. The third-order valence-corrected chi connectivity index (χ3v) is 6.24. The number of nitrogens with one attached hydrogen (secondary N) is 1. The van der Waals surface area contributed by atoms with Crippen molar-refractivity contribution in [2.45, 2.75) is 32.4 Å². The molecule has 3 aromatic rings. The Morgan fingerprint density at radius 1 is 0.848 bits per heavy atom. The minimum Gasteiger partial charge on any atom is -0.355 e. The number of carbonyl (C=O) groups excluding carboxylic acids is 2. The molecule has 0 aliphatic heterocycles. The first-order valence-electron chi connectivity index (χ1n) is 10.7. The summed E-state index contributed by atoms with van der Waals surface area (Å²) in [7, 11) is 0. The topological polar surface area (TPSA) is 49.4 Å². The summed E-state index contributed by atoms with van der Waals surface area (Å²) in [4.78, 5) is 28.3. The molecule has 7 heteroatoms. The first-order valence-corrected chi connectivity index (χ1v) is 11.8. The monoisotopic (exact) mass is 502 g/mol. The van der Waals surface area contributed by atoms with Gasteiger partial charge in [0, 0.05) is 40.1 Å². The van der Waals surface area contributed by atoms with Crippen LogP contribution >= 0.6 is 34.8 Å². The molecule has 3 rings (SSSR count). The predicted molar refractivity (Wildman–Crippen MR) is 135 cm³/mol. The maximum absolute atomic E-state index is 13.6. The first-order chi connectivity index (χ1) is 15.9. The molecule has 0 aliphatic rings. The SMILES string of the molecule is CCNC(=O)C(Cc1ccccc1)N(Cc1c(Cl)cccc1Cl)C(=O)Cc1ccc(Cl)cc1. The third-order valence-electron chi connectivity index (χ3n) is 5.28. The van der Waals surface area contributed by atoms with Crippen LogP contribution < -0.4 is 5.32 Å². The summed E-state index contributed by atoms with van der Waals surface area (Å²) in [5.41, 5.74) is 2.35. The number of carbonyl (C=O) groups is 2. The molecule has 0 aliphatic carbocycles. The Morgan fingerprint density at radius 3 is 2.09 bits per heavy atom. The van der Waals surface area contributed by atoms with Gasteiger partial charge in [-0.3, -0.25) is 9.59 Å². The lowest BCUT2D eigenvalue weighted by Crippen LogP contribution is -2.51. The molecule has 0 saturated heterocycles. The van der Waals surface area contributed by atoms with Crippen molar-refractivity contribution in [3.8, 4) is 0 Å². The van der Waals surface area contributed by atoms with Crippen LogP contribution in [0.15, 0.2) is 72.8 Å². The zero-order valence-corrected chi connectivity index (χ0v) is 20.5. The summed E-state index contributed by atoms with van der Waals surface area (Å²) in [6, 6.07) is 21.2. The molecule has 1 unspecified atom stereocenters. The molecule has 172 valence electrons. The molecule has 1 N–H and O–H groups in total. The van der Waals surface area contributed by atoms with E-state index in [-0.39, 0.29) is 24.8 Å². The molecule has 33 heavy (non-hydrogen) atoms. The van der Waals surface area contributed by atoms with Crippen molar-refractivity contribution in [2.24, 2.45) is 0 Å². The molecule has 2 amide bonds. The van der Waals surface area contributed by atoms with Gasteiger partial charge in [0.25, 0.3) is 0 Å². The Balaban J connectivity index is 1.99. The summed E-state index contributed by atoms with van der Waals surface area (Å²) in [5, 5.41) is 4.36. The van der Waals surface area contributed by atoms with Crippen LogP contribution in [-0.4, -0.2) is 29.3 Å². The normalized spacial score (nSPS) is 11.6. The second kappa shape index (κ2) is 12.1. The molecular weight excluding hydrogens is 479 g/mol. The first kappa shape index (κ1) is 25.1. The number of halogens is 3. The standard InChI is InChI=1S/C26H25Cl3N2O2/c1-2-30-26(33)24(15-18-7-4-3-5-8-18)31(17-21-22(28)9-6-10-23(21)29)25(32)16-19-11-13-20(27)14-12-19/h3-14,24H,2,15-17H2,1H3,(H,30,33). The van der Waals surface area contributed by atoms with E-state index < -0.39 is 6.04 Å². The van der Waals surface area contributed by atoms with Crippen LogP contribution in [0.2, 0.25) is 15.1 Å². The highest BCUT2D eigenvalue weighted by molar-refractivity contribution is 6.36. The van der Waals surface area contributed by atoms with Crippen molar-refractivity contribution >= 4 is 46.6 Å². The van der Waals surface area contributed by atoms with Crippen LogP contribution in [0.3, 0.4) is 0 Å². The Hall–Kier alpha value is -2.53. The van der Waals surface area contributed by atoms with E-state index in [1.54, 1.807) is 47.4 Å². The van der Waals surface area contributed by atoms with Gasteiger partial charge < -0.3 is 10.2 Å². The number of likely N-dealkylation sites (N-methyl/N-ethyl adjacent to an activating group) is 1. The molecular formula is C26H25Cl3N2O2. The molecule has 4 nitrogen and oxygen atoms in total.